The van der Waals surface area contributed by atoms with Crippen LogP contribution in [0.4, 0.5) is 26.3 Å². The number of nitrogens with zero attached hydrogens (tertiary/aromatic N) is 1. The van der Waals surface area contributed by atoms with Gasteiger partial charge in [0, 0.05) is 16.9 Å². The predicted molar refractivity (Wildman–Crippen MR) is 82.4 cm³/mol. The number of halogens is 6. The first-order valence-electron chi connectivity index (χ1n) is 7.60. The van der Waals surface area contributed by atoms with E-state index in [0.29, 0.717) is 0 Å². The Bertz CT molecular complexity index is 712. The van der Waals surface area contributed by atoms with E-state index in [-0.39, 0.29) is 22.6 Å². The minimum Gasteiger partial charge on any atom is -0.317 e. The highest BCUT2D eigenvalue weighted by Gasteiger charge is 2.37. The van der Waals surface area contributed by atoms with Crippen LogP contribution in [-0.2, 0) is 12.4 Å². The maximum absolute atomic E-state index is 13.0. The van der Waals surface area contributed by atoms with Gasteiger partial charge in [-0.15, -0.1) is 11.3 Å². The maximum atomic E-state index is 13.0. The molecule has 1 aromatic heterocycles. The molecular formula is C16H14F6N2S. The molecule has 1 aromatic carbocycles. The molecule has 0 saturated carbocycles. The fraction of sp³-hybridized carbons (Fsp3) is 0.438. The summed E-state index contributed by atoms with van der Waals surface area (Å²) in [6, 6.07) is 1.57. The Morgan fingerprint density at radius 3 is 2.00 bits per heavy atom. The Balaban J connectivity index is 2.00. The Morgan fingerprint density at radius 2 is 1.48 bits per heavy atom. The quantitative estimate of drug-likeness (QED) is 0.714. The second-order valence-corrected chi connectivity index (χ2v) is 6.75. The summed E-state index contributed by atoms with van der Waals surface area (Å²) in [5, 5.41) is 5.09. The first-order chi connectivity index (χ1) is 11.6. The minimum atomic E-state index is -4.86. The number of rotatable bonds is 2. The maximum Gasteiger partial charge on any atom is 0.416 e. The van der Waals surface area contributed by atoms with Crippen LogP contribution in [0.2, 0.25) is 0 Å². The van der Waals surface area contributed by atoms with Crippen LogP contribution in [0.25, 0.3) is 10.6 Å². The molecule has 1 aliphatic heterocycles. The number of nitrogens with one attached hydrogen (secondary N) is 1. The molecule has 1 aliphatic rings. The summed E-state index contributed by atoms with van der Waals surface area (Å²) in [5.74, 6) is 0.180. The molecule has 9 heteroatoms. The first kappa shape index (κ1) is 18.2. The summed E-state index contributed by atoms with van der Waals surface area (Å²) in [4.78, 5) is 4.31. The molecule has 0 aliphatic carbocycles. The van der Waals surface area contributed by atoms with Gasteiger partial charge in [0.05, 0.1) is 16.8 Å². The summed E-state index contributed by atoms with van der Waals surface area (Å²) >= 11 is 1.07. The zero-order valence-corrected chi connectivity index (χ0v) is 13.7. The molecule has 1 saturated heterocycles. The third-order valence-electron chi connectivity index (χ3n) is 4.11. The lowest BCUT2D eigenvalue weighted by atomic mass is 9.95. The van der Waals surface area contributed by atoms with Crippen molar-refractivity contribution in [2.45, 2.75) is 31.1 Å². The average Bonchev–Trinajstić information content (AvgIpc) is 3.04. The fourth-order valence-corrected chi connectivity index (χ4v) is 3.69. The molecule has 2 heterocycles. The third-order valence-corrected chi connectivity index (χ3v) is 5.02. The van der Waals surface area contributed by atoms with Crippen molar-refractivity contribution >= 4 is 11.3 Å². The van der Waals surface area contributed by atoms with E-state index in [9.17, 15) is 26.3 Å². The largest absolute Gasteiger partial charge is 0.416 e. The van der Waals surface area contributed by atoms with E-state index < -0.39 is 23.5 Å². The summed E-state index contributed by atoms with van der Waals surface area (Å²) in [7, 11) is 0. The lowest BCUT2D eigenvalue weighted by molar-refractivity contribution is -0.143. The molecule has 0 atom stereocenters. The van der Waals surface area contributed by atoms with E-state index in [4.69, 9.17) is 0 Å². The van der Waals surface area contributed by atoms with Gasteiger partial charge in [0.15, 0.2) is 0 Å². The summed E-state index contributed by atoms with van der Waals surface area (Å²) < 4.78 is 77.7. The molecule has 1 fully saturated rings. The van der Waals surface area contributed by atoms with Crippen LogP contribution < -0.4 is 5.32 Å². The highest BCUT2D eigenvalue weighted by atomic mass is 32.1. The number of thiazole rings is 1. The fourth-order valence-electron chi connectivity index (χ4n) is 2.80. The molecule has 0 unspecified atom stereocenters. The number of hydrogen-bond acceptors (Lipinski definition) is 3. The molecule has 3 rings (SSSR count). The van der Waals surface area contributed by atoms with E-state index in [1.54, 1.807) is 5.38 Å². The molecule has 25 heavy (non-hydrogen) atoms. The zero-order valence-electron chi connectivity index (χ0n) is 12.8. The second-order valence-electron chi connectivity index (χ2n) is 5.90. The van der Waals surface area contributed by atoms with Gasteiger partial charge in [-0.3, -0.25) is 0 Å². The minimum absolute atomic E-state index is 0.130. The lowest BCUT2D eigenvalue weighted by Crippen LogP contribution is -2.26. The van der Waals surface area contributed by atoms with Crippen molar-refractivity contribution in [3.8, 4) is 10.6 Å². The molecule has 2 nitrogen and oxygen atoms in total. The summed E-state index contributed by atoms with van der Waals surface area (Å²) in [5.41, 5.74) is -2.08. The third kappa shape index (κ3) is 4.14. The van der Waals surface area contributed by atoms with Gasteiger partial charge in [-0.2, -0.15) is 26.3 Å². The highest BCUT2D eigenvalue weighted by molar-refractivity contribution is 7.13. The Morgan fingerprint density at radius 1 is 0.920 bits per heavy atom. The molecule has 0 amide bonds. The van der Waals surface area contributed by atoms with Crippen LogP contribution in [-0.4, -0.2) is 18.1 Å². The van der Waals surface area contributed by atoms with Crippen molar-refractivity contribution in [2.24, 2.45) is 0 Å². The highest BCUT2D eigenvalue weighted by Crippen LogP contribution is 2.39. The monoisotopic (exact) mass is 380 g/mol. The lowest BCUT2D eigenvalue weighted by Gasteiger charge is -2.20. The van der Waals surface area contributed by atoms with Crippen LogP contribution in [0.1, 0.15) is 35.6 Å². The molecule has 0 spiro atoms. The number of piperidine rings is 1. The van der Waals surface area contributed by atoms with E-state index in [1.165, 1.54) is 0 Å². The van der Waals surface area contributed by atoms with Gasteiger partial charge in [-0.05, 0) is 44.1 Å². The Hall–Kier alpha value is -1.61. The smallest absolute Gasteiger partial charge is 0.317 e. The van der Waals surface area contributed by atoms with E-state index in [2.05, 4.69) is 10.3 Å². The van der Waals surface area contributed by atoms with Crippen LogP contribution in [0.3, 0.4) is 0 Å². The van der Waals surface area contributed by atoms with Gasteiger partial charge in [0.1, 0.15) is 5.01 Å². The number of alkyl halides is 6. The molecule has 0 radical (unpaired) electrons. The van der Waals surface area contributed by atoms with Crippen LogP contribution in [0, 0.1) is 0 Å². The van der Waals surface area contributed by atoms with Gasteiger partial charge < -0.3 is 5.32 Å². The SMILES string of the molecule is FC(F)(F)c1cc(-c2nc(C3CCNCC3)cs2)cc(C(F)(F)F)c1. The zero-order chi connectivity index (χ0) is 18.2. The normalized spacial score (nSPS) is 17.0. The molecular weight excluding hydrogens is 366 g/mol. The van der Waals surface area contributed by atoms with Gasteiger partial charge in [0.25, 0.3) is 0 Å². The summed E-state index contributed by atoms with van der Waals surface area (Å²) in [6.07, 6.45) is -8.02. The van der Waals surface area contributed by atoms with Crippen molar-refractivity contribution in [1.29, 1.82) is 0 Å². The standard InChI is InChI=1S/C16H14F6N2S/c17-15(18,19)11-5-10(6-12(7-11)16(20,21)22)14-24-13(8-25-14)9-1-3-23-4-2-9/h5-9,23H,1-4H2. The first-order valence-corrected chi connectivity index (χ1v) is 8.48. The molecule has 0 bridgehead atoms. The van der Waals surface area contributed by atoms with Crippen LogP contribution in [0.15, 0.2) is 23.6 Å². The number of aromatic nitrogens is 1. The van der Waals surface area contributed by atoms with Gasteiger partial charge in [0.2, 0.25) is 0 Å². The van der Waals surface area contributed by atoms with Crippen molar-refractivity contribution < 1.29 is 26.3 Å². The molecule has 2 aromatic rings. The Kier molecular flexibility index (Phi) is 4.80. The average molecular weight is 380 g/mol. The van der Waals surface area contributed by atoms with Crippen LogP contribution in [0.5, 0.6) is 0 Å². The van der Waals surface area contributed by atoms with Crippen molar-refractivity contribution in [2.75, 3.05) is 13.1 Å². The van der Waals surface area contributed by atoms with Gasteiger partial charge >= 0.3 is 12.4 Å². The predicted octanol–water partition coefficient (Wildman–Crippen LogP) is 5.31. The topological polar surface area (TPSA) is 24.9 Å². The van der Waals surface area contributed by atoms with Crippen molar-refractivity contribution in [3.63, 3.8) is 0 Å². The molecule has 1 N–H and O–H groups in total. The summed E-state index contributed by atoms with van der Waals surface area (Å²) in [6.45, 7) is 1.64. The van der Waals surface area contributed by atoms with Crippen molar-refractivity contribution in [3.05, 3.63) is 40.4 Å². The van der Waals surface area contributed by atoms with E-state index >= 15 is 0 Å². The number of benzene rings is 1. The van der Waals surface area contributed by atoms with Crippen molar-refractivity contribution in [1.82, 2.24) is 10.3 Å². The molecule has 136 valence electrons. The van der Waals surface area contributed by atoms with Gasteiger partial charge in [-0.1, -0.05) is 0 Å². The van der Waals surface area contributed by atoms with E-state index in [0.717, 1.165) is 55.1 Å². The number of hydrogen-bond donors (Lipinski definition) is 1. The second kappa shape index (κ2) is 6.60. The van der Waals surface area contributed by atoms with Crippen LogP contribution >= 0.6 is 11.3 Å². The van der Waals surface area contributed by atoms with E-state index in [1.807, 2.05) is 0 Å². The van der Waals surface area contributed by atoms with Gasteiger partial charge in [-0.25, -0.2) is 4.98 Å². The Labute approximate surface area is 143 Å².